The first kappa shape index (κ1) is 13.5. The largest absolute Gasteiger partial charge is 0.383 e. The van der Waals surface area contributed by atoms with E-state index in [9.17, 15) is 4.79 Å². The Kier molecular flexibility index (Phi) is 3.08. The fourth-order valence-electron chi connectivity index (χ4n) is 2.39. The summed E-state index contributed by atoms with van der Waals surface area (Å²) in [7, 11) is 0. The quantitative estimate of drug-likeness (QED) is 0.931. The molecule has 6 heteroatoms. The molecule has 3 rings (SSSR count). The Morgan fingerprint density at radius 2 is 2.14 bits per heavy atom. The Labute approximate surface area is 122 Å². The molecule has 108 valence electrons. The molecule has 0 fully saturated rings. The topological polar surface area (TPSA) is 84.2 Å². The van der Waals surface area contributed by atoms with Crippen LogP contribution in [-0.2, 0) is 4.79 Å². The van der Waals surface area contributed by atoms with E-state index in [2.05, 4.69) is 28.9 Å². The van der Waals surface area contributed by atoms with Gasteiger partial charge in [0.1, 0.15) is 12.1 Å². The maximum atomic E-state index is 11.4. The number of aromatic nitrogens is 2. The summed E-state index contributed by atoms with van der Waals surface area (Å²) in [4.78, 5) is 19.8. The average Bonchev–Trinajstić information content (AvgIpc) is 3.26. The molecule has 2 heterocycles. The van der Waals surface area contributed by atoms with Gasteiger partial charge in [-0.1, -0.05) is 13.8 Å². The number of benzene rings is 1. The van der Waals surface area contributed by atoms with Gasteiger partial charge in [-0.15, -0.1) is 5.10 Å². The van der Waals surface area contributed by atoms with Crippen LogP contribution >= 0.6 is 0 Å². The van der Waals surface area contributed by atoms with Crippen LogP contribution in [0.1, 0.15) is 38.7 Å². The van der Waals surface area contributed by atoms with Gasteiger partial charge in [-0.3, -0.25) is 4.79 Å². The van der Waals surface area contributed by atoms with Crippen molar-refractivity contribution in [1.82, 2.24) is 9.97 Å². The standard InChI is InChI=1S/C15H17N5O/c1-4-8(2)11-5-10(20-15(19-20)9(3)21)6-12-13(11)17-7-18-14(12)16/h5-8H,4H2,1-3H3,(H2,16,17,18). The maximum Gasteiger partial charge on any atom is 0.217 e. The first-order chi connectivity index (χ1) is 10.0. The lowest BCUT2D eigenvalue weighted by Crippen LogP contribution is -2.11. The molecule has 0 amide bonds. The normalized spacial score (nSPS) is 15.0. The van der Waals surface area contributed by atoms with Crippen LogP contribution in [0.5, 0.6) is 0 Å². The molecule has 1 aliphatic heterocycles. The fraction of sp³-hybridized carbons (Fsp3) is 0.333. The Balaban J connectivity index is 2.15. The highest BCUT2D eigenvalue weighted by molar-refractivity contribution is 6.48. The highest BCUT2D eigenvalue weighted by atomic mass is 16.1. The highest BCUT2D eigenvalue weighted by Crippen LogP contribution is 2.35. The van der Waals surface area contributed by atoms with Gasteiger partial charge in [0.15, 0.2) is 5.78 Å². The molecular weight excluding hydrogens is 266 g/mol. The third-order valence-corrected chi connectivity index (χ3v) is 3.84. The van der Waals surface area contributed by atoms with Crippen molar-refractivity contribution in [3.63, 3.8) is 0 Å². The minimum atomic E-state index is -0.0440. The van der Waals surface area contributed by atoms with Crippen molar-refractivity contribution in [2.45, 2.75) is 33.1 Å². The molecule has 0 radical (unpaired) electrons. The van der Waals surface area contributed by atoms with E-state index < -0.39 is 0 Å². The van der Waals surface area contributed by atoms with Gasteiger partial charge in [-0.2, -0.15) is 0 Å². The number of hydrogen-bond donors (Lipinski definition) is 1. The number of nitrogens with two attached hydrogens (primary N) is 1. The molecule has 0 bridgehead atoms. The van der Waals surface area contributed by atoms with Crippen LogP contribution in [0.3, 0.4) is 0 Å². The van der Waals surface area contributed by atoms with E-state index in [0.717, 1.165) is 28.6 Å². The van der Waals surface area contributed by atoms with Crippen molar-refractivity contribution < 1.29 is 4.79 Å². The number of carbonyl (C=O) groups excluding carboxylic acids is 1. The number of nitrogen functional groups attached to an aromatic ring is 1. The zero-order chi connectivity index (χ0) is 15.1. The number of carbonyl (C=O) groups is 1. The van der Waals surface area contributed by atoms with E-state index >= 15 is 0 Å². The second-order valence-corrected chi connectivity index (χ2v) is 5.29. The van der Waals surface area contributed by atoms with Crippen molar-refractivity contribution in [3.05, 3.63) is 24.0 Å². The minimum absolute atomic E-state index is 0.0440. The van der Waals surface area contributed by atoms with Crippen molar-refractivity contribution in [1.29, 1.82) is 0 Å². The molecule has 1 aliphatic rings. The van der Waals surface area contributed by atoms with E-state index in [0.29, 0.717) is 17.6 Å². The van der Waals surface area contributed by atoms with Gasteiger partial charge in [0.2, 0.25) is 5.84 Å². The molecule has 1 aromatic heterocycles. The lowest BCUT2D eigenvalue weighted by Gasteiger charge is -2.15. The molecule has 6 nitrogen and oxygen atoms in total. The first-order valence-corrected chi connectivity index (χ1v) is 6.96. The van der Waals surface area contributed by atoms with Gasteiger partial charge in [0, 0.05) is 12.3 Å². The van der Waals surface area contributed by atoms with Crippen LogP contribution in [0.25, 0.3) is 10.9 Å². The third-order valence-electron chi connectivity index (χ3n) is 3.84. The van der Waals surface area contributed by atoms with Gasteiger partial charge >= 0.3 is 0 Å². The summed E-state index contributed by atoms with van der Waals surface area (Å²) < 4.78 is 0. The van der Waals surface area contributed by atoms with E-state index in [4.69, 9.17) is 5.73 Å². The molecule has 1 unspecified atom stereocenters. The Hall–Kier alpha value is -2.50. The molecule has 2 N–H and O–H groups in total. The summed E-state index contributed by atoms with van der Waals surface area (Å²) in [6.45, 7) is 5.78. The van der Waals surface area contributed by atoms with Crippen molar-refractivity contribution in [2.24, 2.45) is 5.10 Å². The number of ketones is 1. The molecular formula is C15H17N5O. The Bertz CT molecular complexity index is 768. The van der Waals surface area contributed by atoms with Crippen LogP contribution in [0.4, 0.5) is 11.5 Å². The molecule has 0 saturated heterocycles. The second kappa shape index (κ2) is 4.80. The van der Waals surface area contributed by atoms with Crippen molar-refractivity contribution in [2.75, 3.05) is 10.7 Å². The maximum absolute atomic E-state index is 11.4. The van der Waals surface area contributed by atoms with Crippen molar-refractivity contribution >= 4 is 34.0 Å². The fourth-order valence-corrected chi connectivity index (χ4v) is 2.39. The number of fused-ring (bicyclic) bond motifs is 1. The van der Waals surface area contributed by atoms with Crippen LogP contribution < -0.4 is 10.7 Å². The lowest BCUT2D eigenvalue weighted by atomic mass is 9.95. The smallest absolute Gasteiger partial charge is 0.217 e. The summed E-state index contributed by atoms with van der Waals surface area (Å²) in [5, 5.41) is 6.55. The van der Waals surface area contributed by atoms with E-state index in [1.165, 1.54) is 13.3 Å². The molecule has 0 aliphatic carbocycles. The molecule has 0 saturated carbocycles. The molecule has 0 spiro atoms. The molecule has 1 atom stereocenters. The Morgan fingerprint density at radius 1 is 1.38 bits per heavy atom. The van der Waals surface area contributed by atoms with Gasteiger partial charge in [-0.05, 0) is 30.0 Å². The van der Waals surface area contributed by atoms with Crippen LogP contribution in [0.15, 0.2) is 23.6 Å². The second-order valence-electron chi connectivity index (χ2n) is 5.29. The van der Waals surface area contributed by atoms with E-state index in [1.54, 1.807) is 5.01 Å². The number of hydrazone groups is 1. The summed E-state index contributed by atoms with van der Waals surface area (Å²) in [6, 6.07) is 3.92. The van der Waals surface area contributed by atoms with Gasteiger partial charge in [0.25, 0.3) is 0 Å². The minimum Gasteiger partial charge on any atom is -0.383 e. The van der Waals surface area contributed by atoms with E-state index in [-0.39, 0.29) is 5.78 Å². The predicted molar refractivity (Wildman–Crippen MR) is 83.3 cm³/mol. The number of nitrogens with zero attached hydrogens (tertiary/aromatic N) is 4. The summed E-state index contributed by atoms with van der Waals surface area (Å²) in [5.74, 6) is 1.21. The van der Waals surface area contributed by atoms with Gasteiger partial charge in [-0.25, -0.2) is 15.0 Å². The van der Waals surface area contributed by atoms with Crippen molar-refractivity contribution in [3.8, 4) is 0 Å². The van der Waals surface area contributed by atoms with Gasteiger partial charge < -0.3 is 5.73 Å². The SMILES string of the molecule is CCC(C)c1cc(N2N=C2C(C)=O)cc2c(N)ncnc12. The molecule has 1 aromatic carbocycles. The number of Topliss-reactive ketones (excluding diaryl/α,β-unsaturated/α-hetero) is 1. The first-order valence-electron chi connectivity index (χ1n) is 6.96. The number of anilines is 2. The Morgan fingerprint density at radius 3 is 2.76 bits per heavy atom. The van der Waals surface area contributed by atoms with E-state index in [1.807, 2.05) is 12.1 Å². The van der Waals surface area contributed by atoms with Gasteiger partial charge in [0.05, 0.1) is 11.2 Å². The zero-order valence-electron chi connectivity index (χ0n) is 12.3. The van der Waals surface area contributed by atoms with Crippen LogP contribution in [0.2, 0.25) is 0 Å². The summed E-state index contributed by atoms with van der Waals surface area (Å²) in [5.41, 5.74) is 8.78. The van der Waals surface area contributed by atoms with Crippen LogP contribution in [-0.4, -0.2) is 21.6 Å². The molecule has 21 heavy (non-hydrogen) atoms. The number of rotatable bonds is 4. The number of amidine groups is 1. The monoisotopic (exact) mass is 283 g/mol. The summed E-state index contributed by atoms with van der Waals surface area (Å²) in [6.07, 6.45) is 2.47. The predicted octanol–water partition coefficient (Wildman–Crippen LogP) is 2.45. The summed E-state index contributed by atoms with van der Waals surface area (Å²) >= 11 is 0. The van der Waals surface area contributed by atoms with Crippen LogP contribution in [0, 0.1) is 0 Å². The molecule has 2 aromatic rings. The lowest BCUT2D eigenvalue weighted by molar-refractivity contribution is -0.110. The highest BCUT2D eigenvalue weighted by Gasteiger charge is 2.31. The third kappa shape index (κ3) is 2.22. The zero-order valence-corrected chi connectivity index (χ0v) is 12.3. The average molecular weight is 283 g/mol. The number of hydrogen-bond acceptors (Lipinski definition) is 6.